The topological polar surface area (TPSA) is 123 Å². The van der Waals surface area contributed by atoms with E-state index in [4.69, 9.17) is 0 Å². The lowest BCUT2D eigenvalue weighted by molar-refractivity contribution is -0.121. The SMILES string of the molecule is O=C(CCc1c[nH]c2ccccc12)NCCCn1c(=O)c(-c2ccccc2)c2n(c1=O)CCCS2(=O)=O. The summed E-state index contributed by atoms with van der Waals surface area (Å²) >= 11 is 0. The van der Waals surface area contributed by atoms with Crippen molar-refractivity contribution in [1.82, 2.24) is 19.4 Å². The molecule has 192 valence electrons. The minimum Gasteiger partial charge on any atom is -0.361 e. The van der Waals surface area contributed by atoms with E-state index in [1.54, 1.807) is 30.3 Å². The monoisotopic (exact) mass is 520 g/mol. The van der Waals surface area contributed by atoms with Gasteiger partial charge in [-0.1, -0.05) is 48.5 Å². The maximum Gasteiger partial charge on any atom is 0.332 e. The van der Waals surface area contributed by atoms with E-state index in [-0.39, 0.29) is 35.3 Å². The number of aromatic amines is 1. The summed E-state index contributed by atoms with van der Waals surface area (Å²) in [7, 11) is -3.77. The first-order chi connectivity index (χ1) is 17.9. The molecule has 4 aromatic rings. The van der Waals surface area contributed by atoms with E-state index < -0.39 is 21.1 Å². The molecule has 2 aromatic heterocycles. The summed E-state index contributed by atoms with van der Waals surface area (Å²) in [5.41, 5.74) is 1.33. The first-order valence-electron chi connectivity index (χ1n) is 12.3. The maximum atomic E-state index is 13.4. The number of amides is 1. The van der Waals surface area contributed by atoms with Crippen LogP contribution in [0, 0.1) is 0 Å². The predicted molar refractivity (Wildman–Crippen MR) is 141 cm³/mol. The molecule has 5 rings (SSSR count). The molecule has 0 atom stereocenters. The number of benzene rings is 2. The Balaban J connectivity index is 1.29. The zero-order valence-electron chi connectivity index (χ0n) is 20.3. The Morgan fingerprint density at radius 1 is 1.03 bits per heavy atom. The standard InChI is InChI=1S/C27H28N4O5S/c32-23(13-12-20-18-29-22-11-5-4-10-21(20)22)28-14-6-15-30-25(33)24(19-8-2-1-3-9-19)26-31(27(30)34)16-7-17-37(26,35)36/h1-5,8-11,18,29H,6-7,12-17H2,(H,28,32). The zero-order valence-corrected chi connectivity index (χ0v) is 21.1. The van der Waals surface area contributed by atoms with Crippen LogP contribution >= 0.6 is 0 Å². The number of nitrogens with one attached hydrogen (secondary N) is 2. The third-order valence-corrected chi connectivity index (χ3v) is 8.55. The van der Waals surface area contributed by atoms with Gasteiger partial charge in [0.2, 0.25) is 5.91 Å². The molecule has 1 amide bonds. The van der Waals surface area contributed by atoms with Gasteiger partial charge in [-0.2, -0.15) is 0 Å². The van der Waals surface area contributed by atoms with Crippen LogP contribution in [0.2, 0.25) is 0 Å². The summed E-state index contributed by atoms with van der Waals surface area (Å²) in [5, 5.41) is 3.76. The molecule has 1 aliphatic rings. The second-order valence-electron chi connectivity index (χ2n) is 9.17. The van der Waals surface area contributed by atoms with Crippen LogP contribution in [-0.2, 0) is 34.1 Å². The highest BCUT2D eigenvalue weighted by Gasteiger charge is 2.32. The molecular weight excluding hydrogens is 492 g/mol. The van der Waals surface area contributed by atoms with Crippen molar-refractivity contribution in [2.24, 2.45) is 0 Å². The van der Waals surface area contributed by atoms with Gasteiger partial charge in [0.15, 0.2) is 14.9 Å². The van der Waals surface area contributed by atoms with E-state index in [0.29, 0.717) is 37.8 Å². The van der Waals surface area contributed by atoms with Crippen LogP contribution in [0.5, 0.6) is 0 Å². The number of sulfone groups is 1. The van der Waals surface area contributed by atoms with E-state index in [1.165, 1.54) is 4.57 Å². The highest BCUT2D eigenvalue weighted by atomic mass is 32.2. The molecule has 0 unspecified atom stereocenters. The minimum atomic E-state index is -3.77. The Labute approximate surface area is 213 Å². The average Bonchev–Trinajstić information content (AvgIpc) is 3.31. The van der Waals surface area contributed by atoms with Crippen LogP contribution in [0.25, 0.3) is 22.0 Å². The number of nitrogens with zero attached hydrogens (tertiary/aromatic N) is 2. The van der Waals surface area contributed by atoms with Gasteiger partial charge in [0.25, 0.3) is 5.56 Å². The lowest BCUT2D eigenvalue weighted by atomic mass is 10.1. The number of hydrogen-bond donors (Lipinski definition) is 2. The number of para-hydroxylation sites is 1. The summed E-state index contributed by atoms with van der Waals surface area (Å²) in [6.07, 6.45) is 3.50. The Morgan fingerprint density at radius 3 is 2.59 bits per heavy atom. The van der Waals surface area contributed by atoms with E-state index in [0.717, 1.165) is 21.0 Å². The number of aromatic nitrogens is 3. The summed E-state index contributed by atoms with van der Waals surface area (Å²) in [5.74, 6) is -0.212. The van der Waals surface area contributed by atoms with Crippen molar-refractivity contribution in [3.05, 3.63) is 87.2 Å². The third kappa shape index (κ3) is 4.89. The second kappa shape index (κ2) is 10.2. The van der Waals surface area contributed by atoms with Gasteiger partial charge in [-0.05, 0) is 36.5 Å². The average molecular weight is 521 g/mol. The molecule has 3 heterocycles. The Hall–Kier alpha value is -3.92. The first kappa shape index (κ1) is 24.8. The molecule has 0 aliphatic carbocycles. The molecule has 0 spiro atoms. The van der Waals surface area contributed by atoms with Gasteiger partial charge >= 0.3 is 5.69 Å². The van der Waals surface area contributed by atoms with Crippen LogP contribution in [0.3, 0.4) is 0 Å². The van der Waals surface area contributed by atoms with Crippen molar-refractivity contribution in [2.75, 3.05) is 12.3 Å². The van der Waals surface area contributed by atoms with Crippen molar-refractivity contribution < 1.29 is 13.2 Å². The molecule has 0 radical (unpaired) electrons. The van der Waals surface area contributed by atoms with Crippen molar-refractivity contribution in [2.45, 2.75) is 43.8 Å². The Morgan fingerprint density at radius 2 is 1.78 bits per heavy atom. The fourth-order valence-corrected chi connectivity index (χ4v) is 6.62. The summed E-state index contributed by atoms with van der Waals surface area (Å²) in [4.78, 5) is 42.2. The third-order valence-electron chi connectivity index (χ3n) is 6.71. The Bertz CT molecular complexity index is 1680. The smallest absolute Gasteiger partial charge is 0.332 e. The summed E-state index contributed by atoms with van der Waals surface area (Å²) < 4.78 is 28.1. The number of carbonyl (C=O) groups excluding carboxylic acids is 1. The van der Waals surface area contributed by atoms with Gasteiger partial charge < -0.3 is 10.3 Å². The number of hydrogen-bond acceptors (Lipinski definition) is 5. The number of H-pyrrole nitrogens is 1. The van der Waals surface area contributed by atoms with Crippen LogP contribution in [0.15, 0.2) is 75.4 Å². The van der Waals surface area contributed by atoms with Gasteiger partial charge in [-0.15, -0.1) is 0 Å². The number of carbonyl (C=O) groups is 1. The molecule has 10 heteroatoms. The van der Waals surface area contributed by atoms with Crippen LogP contribution in [0.4, 0.5) is 0 Å². The number of fused-ring (bicyclic) bond motifs is 2. The molecule has 1 aliphatic heterocycles. The maximum absolute atomic E-state index is 13.4. The molecule has 37 heavy (non-hydrogen) atoms. The van der Waals surface area contributed by atoms with Crippen LogP contribution in [0.1, 0.15) is 24.8 Å². The summed E-state index contributed by atoms with van der Waals surface area (Å²) in [6.45, 7) is 0.595. The van der Waals surface area contributed by atoms with E-state index in [9.17, 15) is 22.8 Å². The highest BCUT2D eigenvalue weighted by Crippen LogP contribution is 2.27. The largest absolute Gasteiger partial charge is 0.361 e. The van der Waals surface area contributed by atoms with Gasteiger partial charge in [-0.3, -0.25) is 18.7 Å². The predicted octanol–water partition coefficient (Wildman–Crippen LogP) is 2.47. The molecule has 0 bridgehead atoms. The zero-order chi connectivity index (χ0) is 26.0. The molecule has 0 fully saturated rings. The molecule has 9 nitrogen and oxygen atoms in total. The molecule has 0 saturated carbocycles. The lowest BCUT2D eigenvalue weighted by Crippen LogP contribution is -2.45. The van der Waals surface area contributed by atoms with Crippen molar-refractivity contribution >= 4 is 26.6 Å². The normalized spacial score (nSPS) is 14.4. The molecular formula is C27H28N4O5S. The molecule has 2 aromatic carbocycles. The number of aryl methyl sites for hydroxylation is 1. The fraction of sp³-hybridized carbons (Fsp3) is 0.296. The van der Waals surface area contributed by atoms with Gasteiger partial charge in [-0.25, -0.2) is 13.2 Å². The minimum absolute atomic E-state index is 0.0302. The van der Waals surface area contributed by atoms with Gasteiger partial charge in [0.05, 0.1) is 11.3 Å². The second-order valence-corrected chi connectivity index (χ2v) is 11.2. The van der Waals surface area contributed by atoms with Crippen LogP contribution < -0.4 is 16.6 Å². The molecule has 0 saturated heterocycles. The number of rotatable bonds is 8. The first-order valence-corrected chi connectivity index (χ1v) is 14.0. The van der Waals surface area contributed by atoms with Crippen LogP contribution in [-0.4, -0.2) is 40.7 Å². The van der Waals surface area contributed by atoms with E-state index >= 15 is 0 Å². The van der Waals surface area contributed by atoms with Crippen molar-refractivity contribution in [3.63, 3.8) is 0 Å². The summed E-state index contributed by atoms with van der Waals surface area (Å²) in [6, 6.07) is 16.5. The van der Waals surface area contributed by atoms with E-state index in [2.05, 4.69) is 10.3 Å². The highest BCUT2D eigenvalue weighted by molar-refractivity contribution is 7.91. The quantitative estimate of drug-likeness (QED) is 0.273. The van der Waals surface area contributed by atoms with Gasteiger partial charge in [0, 0.05) is 43.2 Å². The van der Waals surface area contributed by atoms with Gasteiger partial charge in [0.1, 0.15) is 0 Å². The molecule has 2 N–H and O–H groups in total. The Kier molecular flexibility index (Phi) is 6.84. The lowest BCUT2D eigenvalue weighted by Gasteiger charge is -2.23. The fourth-order valence-electron chi connectivity index (χ4n) is 4.90. The van der Waals surface area contributed by atoms with Crippen molar-refractivity contribution in [3.8, 4) is 11.1 Å². The van der Waals surface area contributed by atoms with Crippen molar-refractivity contribution in [1.29, 1.82) is 0 Å². The van der Waals surface area contributed by atoms with E-state index in [1.807, 2.05) is 30.5 Å².